The summed E-state index contributed by atoms with van der Waals surface area (Å²) >= 11 is 2.03. The molecule has 0 aromatic rings. The van der Waals surface area contributed by atoms with Crippen molar-refractivity contribution >= 4 is 17.7 Å². The smallest absolute Gasteiger partial charge is 0.224 e. The van der Waals surface area contributed by atoms with Crippen molar-refractivity contribution in [2.75, 3.05) is 25.1 Å². The van der Waals surface area contributed by atoms with Crippen LogP contribution in [0.1, 0.15) is 19.3 Å². The van der Waals surface area contributed by atoms with Crippen molar-refractivity contribution in [3.8, 4) is 0 Å². The average molecular weight is 214 g/mol. The van der Waals surface area contributed by atoms with Crippen LogP contribution in [-0.4, -0.2) is 48.0 Å². The van der Waals surface area contributed by atoms with Crippen molar-refractivity contribution in [3.05, 3.63) is 0 Å². The summed E-state index contributed by atoms with van der Waals surface area (Å²) in [7, 11) is 1.89. The first kappa shape index (κ1) is 10.3. The van der Waals surface area contributed by atoms with Crippen LogP contribution in [-0.2, 0) is 4.79 Å². The summed E-state index contributed by atoms with van der Waals surface area (Å²) in [5.74, 6) is 2.81. The van der Waals surface area contributed by atoms with Gasteiger partial charge < -0.3 is 10.2 Å². The van der Waals surface area contributed by atoms with Gasteiger partial charge in [0.2, 0.25) is 5.91 Å². The number of carbonyl (C=O) groups is 1. The van der Waals surface area contributed by atoms with E-state index in [2.05, 4.69) is 5.32 Å². The Morgan fingerprint density at radius 3 is 2.93 bits per heavy atom. The summed E-state index contributed by atoms with van der Waals surface area (Å²) < 4.78 is 0. The van der Waals surface area contributed by atoms with E-state index in [1.807, 2.05) is 23.7 Å². The Kier molecular flexibility index (Phi) is 3.34. The maximum atomic E-state index is 11.3. The first-order valence-corrected chi connectivity index (χ1v) is 6.49. The predicted octanol–water partition coefficient (Wildman–Crippen LogP) is 0.702. The number of nitrogens with one attached hydrogen (secondary N) is 1. The van der Waals surface area contributed by atoms with Crippen molar-refractivity contribution in [2.24, 2.45) is 0 Å². The fourth-order valence-electron chi connectivity index (χ4n) is 2.18. The lowest BCUT2D eigenvalue weighted by molar-refractivity contribution is -0.126. The third kappa shape index (κ3) is 2.42. The Hall–Kier alpha value is -0.220. The number of hydrogen-bond acceptors (Lipinski definition) is 3. The molecule has 80 valence electrons. The number of hydrogen-bond donors (Lipinski definition) is 1. The Morgan fingerprint density at radius 1 is 1.50 bits per heavy atom. The quantitative estimate of drug-likeness (QED) is 0.734. The van der Waals surface area contributed by atoms with Crippen LogP contribution in [0.4, 0.5) is 0 Å². The molecule has 2 aliphatic rings. The lowest BCUT2D eigenvalue weighted by Crippen LogP contribution is -2.42. The maximum absolute atomic E-state index is 11.3. The van der Waals surface area contributed by atoms with Crippen LogP contribution in [0.5, 0.6) is 0 Å². The molecule has 0 saturated carbocycles. The van der Waals surface area contributed by atoms with Crippen molar-refractivity contribution < 1.29 is 4.79 Å². The summed E-state index contributed by atoms with van der Waals surface area (Å²) in [6.45, 7) is 0.889. The first-order chi connectivity index (χ1) is 6.75. The van der Waals surface area contributed by atoms with Gasteiger partial charge in [0.05, 0.1) is 0 Å². The molecular weight excluding hydrogens is 196 g/mol. The van der Waals surface area contributed by atoms with Gasteiger partial charge in [-0.2, -0.15) is 11.8 Å². The summed E-state index contributed by atoms with van der Waals surface area (Å²) in [4.78, 5) is 13.1. The van der Waals surface area contributed by atoms with E-state index in [-0.39, 0.29) is 5.91 Å². The molecule has 2 atom stereocenters. The topological polar surface area (TPSA) is 32.3 Å². The van der Waals surface area contributed by atoms with Crippen LogP contribution < -0.4 is 5.32 Å². The van der Waals surface area contributed by atoms with E-state index in [4.69, 9.17) is 0 Å². The molecule has 2 aliphatic heterocycles. The van der Waals surface area contributed by atoms with Crippen molar-refractivity contribution in [1.82, 2.24) is 10.2 Å². The van der Waals surface area contributed by atoms with Crippen LogP contribution in [0.15, 0.2) is 0 Å². The zero-order valence-corrected chi connectivity index (χ0v) is 9.48. The van der Waals surface area contributed by atoms with E-state index in [1.165, 1.54) is 24.3 Å². The monoisotopic (exact) mass is 214 g/mol. The minimum absolute atomic E-state index is 0.283. The molecule has 2 rings (SSSR count). The standard InChI is InChI=1S/C10H18N2OS/c1-12-6-9(5-10(12)13)11-8-3-2-4-14-7-8/h8-9,11H,2-7H2,1H3. The molecule has 0 aromatic heterocycles. The highest BCUT2D eigenvalue weighted by Gasteiger charge is 2.28. The number of rotatable bonds is 2. The van der Waals surface area contributed by atoms with E-state index >= 15 is 0 Å². The number of amides is 1. The van der Waals surface area contributed by atoms with Gasteiger partial charge in [-0.3, -0.25) is 4.79 Å². The summed E-state index contributed by atoms with van der Waals surface area (Å²) in [5, 5.41) is 3.60. The Bertz CT molecular complexity index is 216. The van der Waals surface area contributed by atoms with Gasteiger partial charge in [0.1, 0.15) is 0 Å². The molecule has 1 N–H and O–H groups in total. The number of likely N-dealkylation sites (N-methyl/N-ethyl adjacent to an activating group) is 1. The molecule has 2 fully saturated rings. The largest absolute Gasteiger partial charge is 0.344 e. The highest BCUT2D eigenvalue weighted by Crippen LogP contribution is 2.19. The molecule has 4 heteroatoms. The van der Waals surface area contributed by atoms with Gasteiger partial charge in [0.25, 0.3) is 0 Å². The minimum Gasteiger partial charge on any atom is -0.344 e. The van der Waals surface area contributed by atoms with Gasteiger partial charge in [0.15, 0.2) is 0 Å². The second kappa shape index (κ2) is 4.53. The second-order valence-electron chi connectivity index (χ2n) is 4.26. The van der Waals surface area contributed by atoms with Crippen molar-refractivity contribution in [3.63, 3.8) is 0 Å². The average Bonchev–Trinajstić information content (AvgIpc) is 2.47. The van der Waals surface area contributed by atoms with Crippen molar-refractivity contribution in [2.45, 2.75) is 31.3 Å². The second-order valence-corrected chi connectivity index (χ2v) is 5.41. The molecule has 1 amide bonds. The molecule has 0 spiro atoms. The Balaban J connectivity index is 1.77. The van der Waals surface area contributed by atoms with Crippen LogP contribution in [0.25, 0.3) is 0 Å². The van der Waals surface area contributed by atoms with Gasteiger partial charge >= 0.3 is 0 Å². The van der Waals surface area contributed by atoms with E-state index in [0.717, 1.165) is 6.54 Å². The van der Waals surface area contributed by atoms with Gasteiger partial charge in [-0.05, 0) is 18.6 Å². The summed E-state index contributed by atoms with van der Waals surface area (Å²) in [6, 6.07) is 1.04. The molecule has 14 heavy (non-hydrogen) atoms. The van der Waals surface area contributed by atoms with E-state index < -0.39 is 0 Å². The van der Waals surface area contributed by atoms with Crippen molar-refractivity contribution in [1.29, 1.82) is 0 Å². The Morgan fingerprint density at radius 2 is 2.36 bits per heavy atom. The summed E-state index contributed by atoms with van der Waals surface area (Å²) in [6.07, 6.45) is 3.29. The van der Waals surface area contributed by atoms with Crippen LogP contribution in [0.3, 0.4) is 0 Å². The van der Waals surface area contributed by atoms with Crippen LogP contribution in [0, 0.1) is 0 Å². The minimum atomic E-state index is 0.283. The number of carbonyl (C=O) groups excluding carboxylic acids is 1. The molecule has 3 nitrogen and oxygen atoms in total. The van der Waals surface area contributed by atoms with Gasteiger partial charge in [-0.1, -0.05) is 0 Å². The fourth-order valence-corrected chi connectivity index (χ4v) is 3.27. The summed E-state index contributed by atoms with van der Waals surface area (Å²) in [5.41, 5.74) is 0. The van der Waals surface area contributed by atoms with E-state index in [0.29, 0.717) is 18.5 Å². The SMILES string of the molecule is CN1CC(NC2CCCSC2)CC1=O. The predicted molar refractivity (Wildman–Crippen MR) is 59.5 cm³/mol. The van der Waals surface area contributed by atoms with Gasteiger partial charge in [-0.25, -0.2) is 0 Å². The molecule has 2 unspecified atom stereocenters. The molecule has 2 heterocycles. The third-order valence-corrected chi connectivity index (χ3v) is 4.19. The first-order valence-electron chi connectivity index (χ1n) is 5.33. The fraction of sp³-hybridized carbons (Fsp3) is 0.900. The highest BCUT2D eigenvalue weighted by atomic mass is 32.2. The van der Waals surface area contributed by atoms with E-state index in [1.54, 1.807) is 0 Å². The maximum Gasteiger partial charge on any atom is 0.224 e. The molecule has 0 bridgehead atoms. The lowest BCUT2D eigenvalue weighted by Gasteiger charge is -2.25. The Labute approximate surface area is 89.6 Å². The number of likely N-dealkylation sites (tertiary alicyclic amines) is 1. The van der Waals surface area contributed by atoms with E-state index in [9.17, 15) is 4.79 Å². The molecular formula is C10H18N2OS. The molecule has 0 aliphatic carbocycles. The van der Waals surface area contributed by atoms with Gasteiger partial charge in [-0.15, -0.1) is 0 Å². The normalized spacial score (nSPS) is 33.8. The lowest BCUT2D eigenvalue weighted by atomic mass is 10.1. The van der Waals surface area contributed by atoms with Gasteiger partial charge in [0, 0.05) is 37.8 Å². The third-order valence-electron chi connectivity index (χ3n) is 2.97. The zero-order chi connectivity index (χ0) is 9.97. The number of thioether (sulfide) groups is 1. The molecule has 2 saturated heterocycles. The van der Waals surface area contributed by atoms with Crippen LogP contribution >= 0.6 is 11.8 Å². The zero-order valence-electron chi connectivity index (χ0n) is 8.66. The molecule has 0 radical (unpaired) electrons. The highest BCUT2D eigenvalue weighted by molar-refractivity contribution is 7.99. The van der Waals surface area contributed by atoms with Crippen LogP contribution in [0.2, 0.25) is 0 Å². The number of nitrogens with zero attached hydrogens (tertiary/aromatic N) is 1. The molecule has 0 aromatic carbocycles.